The van der Waals surface area contributed by atoms with Crippen LogP contribution in [0.4, 0.5) is 11.9 Å². The van der Waals surface area contributed by atoms with E-state index in [1.165, 1.54) is 0 Å². The van der Waals surface area contributed by atoms with Crippen molar-refractivity contribution in [2.75, 3.05) is 11.1 Å². The molecule has 2 aromatic heterocycles. The normalized spacial score (nSPS) is 10.4. The third kappa shape index (κ3) is 1.99. The van der Waals surface area contributed by atoms with Gasteiger partial charge in [0.15, 0.2) is 0 Å². The van der Waals surface area contributed by atoms with Gasteiger partial charge in [0.1, 0.15) is 0 Å². The molecule has 2 aromatic rings. The summed E-state index contributed by atoms with van der Waals surface area (Å²) < 4.78 is 0. The fourth-order valence-corrected chi connectivity index (χ4v) is 1.74. The lowest BCUT2D eigenvalue weighted by atomic mass is 10.5. The number of nitrogens with zero attached hydrogens (tertiary/aromatic N) is 3. The van der Waals surface area contributed by atoms with Gasteiger partial charge < -0.3 is 11.1 Å². The molecule has 0 bridgehead atoms. The Labute approximate surface area is 84.6 Å². The molecule has 74 valence electrons. The molecule has 4 N–H and O–H groups in total. The summed E-state index contributed by atoms with van der Waals surface area (Å²) in [4.78, 5) is 9.20. The zero-order valence-corrected chi connectivity index (χ0v) is 8.43. The second-order valence-electron chi connectivity index (χ2n) is 2.74. The molecular weight excluding hydrogens is 200 g/mol. The summed E-state index contributed by atoms with van der Waals surface area (Å²) in [6, 6.07) is 0. The molecule has 6 nitrogen and oxygen atoms in total. The van der Waals surface area contributed by atoms with E-state index in [0.29, 0.717) is 18.4 Å². The highest BCUT2D eigenvalue weighted by Gasteiger charge is 2.01. The Morgan fingerprint density at radius 3 is 3.07 bits per heavy atom. The van der Waals surface area contributed by atoms with Crippen LogP contribution in [-0.2, 0) is 6.54 Å². The minimum atomic E-state index is 0.313. The van der Waals surface area contributed by atoms with Crippen LogP contribution in [0.25, 0.3) is 0 Å². The Morgan fingerprint density at radius 2 is 2.50 bits per heavy atom. The lowest BCUT2D eigenvalue weighted by Crippen LogP contribution is -1.99. The van der Waals surface area contributed by atoms with Gasteiger partial charge in [0.05, 0.1) is 11.6 Å². The molecule has 0 aliphatic carbocycles. The van der Waals surface area contributed by atoms with E-state index in [-0.39, 0.29) is 0 Å². The van der Waals surface area contributed by atoms with Gasteiger partial charge in [-0.05, 0) is 6.92 Å². The van der Waals surface area contributed by atoms with Crippen LogP contribution >= 0.6 is 11.3 Å². The van der Waals surface area contributed by atoms with Crippen LogP contribution in [0.1, 0.15) is 9.88 Å². The van der Waals surface area contributed by atoms with Gasteiger partial charge in [-0.1, -0.05) is 0 Å². The lowest BCUT2D eigenvalue weighted by Gasteiger charge is -1.96. The minimum Gasteiger partial charge on any atom is -0.368 e. The van der Waals surface area contributed by atoms with Crippen molar-refractivity contribution in [3.05, 3.63) is 16.1 Å². The summed E-state index contributed by atoms with van der Waals surface area (Å²) in [5.74, 6) is 0.821. The highest BCUT2D eigenvalue weighted by atomic mass is 32.1. The molecule has 0 amide bonds. The van der Waals surface area contributed by atoms with Crippen LogP contribution in [0.5, 0.6) is 0 Å². The Hall–Kier alpha value is -1.63. The maximum absolute atomic E-state index is 5.37. The van der Waals surface area contributed by atoms with Crippen LogP contribution in [0.3, 0.4) is 0 Å². The molecular formula is C7H10N6S. The van der Waals surface area contributed by atoms with Gasteiger partial charge in [-0.2, -0.15) is 4.98 Å². The molecule has 0 aliphatic rings. The van der Waals surface area contributed by atoms with Crippen LogP contribution in [0.2, 0.25) is 0 Å². The number of anilines is 2. The molecule has 0 aliphatic heterocycles. The first kappa shape index (κ1) is 8.95. The van der Waals surface area contributed by atoms with Gasteiger partial charge in [0, 0.05) is 11.1 Å². The first-order valence-electron chi connectivity index (χ1n) is 4.07. The third-order valence-corrected chi connectivity index (χ3v) is 2.51. The molecule has 7 heteroatoms. The van der Waals surface area contributed by atoms with E-state index in [2.05, 4.69) is 25.5 Å². The molecule has 0 saturated carbocycles. The number of nitrogens with one attached hydrogen (secondary N) is 2. The van der Waals surface area contributed by atoms with Crippen LogP contribution in [0.15, 0.2) is 6.20 Å². The number of hydrogen-bond acceptors (Lipinski definition) is 6. The molecule has 0 spiro atoms. The zero-order chi connectivity index (χ0) is 9.97. The fraction of sp³-hybridized carbons (Fsp3) is 0.286. The summed E-state index contributed by atoms with van der Waals surface area (Å²) in [6.07, 6.45) is 1.84. The fourth-order valence-electron chi connectivity index (χ4n) is 1.01. The molecule has 0 saturated heterocycles. The van der Waals surface area contributed by atoms with E-state index in [0.717, 1.165) is 9.88 Å². The maximum Gasteiger partial charge on any atom is 0.243 e. The Bertz CT molecular complexity index is 379. The molecule has 2 heterocycles. The molecule has 0 aromatic carbocycles. The van der Waals surface area contributed by atoms with Crippen molar-refractivity contribution in [1.29, 1.82) is 0 Å². The van der Waals surface area contributed by atoms with Gasteiger partial charge in [-0.25, -0.2) is 10.1 Å². The van der Waals surface area contributed by atoms with Crippen LogP contribution in [0, 0.1) is 6.92 Å². The topological polar surface area (TPSA) is 92.5 Å². The van der Waals surface area contributed by atoms with E-state index in [9.17, 15) is 0 Å². The molecule has 14 heavy (non-hydrogen) atoms. The van der Waals surface area contributed by atoms with Gasteiger partial charge >= 0.3 is 0 Å². The molecule has 0 fully saturated rings. The van der Waals surface area contributed by atoms with Crippen molar-refractivity contribution in [2.24, 2.45) is 0 Å². The molecule has 0 atom stereocenters. The minimum absolute atomic E-state index is 0.313. The van der Waals surface area contributed by atoms with Crippen molar-refractivity contribution in [3.63, 3.8) is 0 Å². The third-order valence-electron chi connectivity index (χ3n) is 1.59. The van der Waals surface area contributed by atoms with Crippen LogP contribution < -0.4 is 11.1 Å². The SMILES string of the molecule is Cc1ncc(CNc2n[nH]c(N)n2)s1. The second-order valence-corrected chi connectivity index (χ2v) is 4.06. The quantitative estimate of drug-likeness (QED) is 0.695. The van der Waals surface area contributed by atoms with Crippen molar-refractivity contribution < 1.29 is 0 Å². The first-order chi connectivity index (χ1) is 6.74. The predicted molar refractivity (Wildman–Crippen MR) is 55.0 cm³/mol. The Kier molecular flexibility index (Phi) is 2.32. The van der Waals surface area contributed by atoms with Crippen molar-refractivity contribution >= 4 is 23.2 Å². The van der Waals surface area contributed by atoms with Gasteiger partial charge in [0.25, 0.3) is 0 Å². The van der Waals surface area contributed by atoms with Gasteiger partial charge in [0.2, 0.25) is 11.9 Å². The van der Waals surface area contributed by atoms with Crippen molar-refractivity contribution in [1.82, 2.24) is 20.2 Å². The van der Waals surface area contributed by atoms with E-state index in [1.807, 2.05) is 13.1 Å². The molecule has 0 radical (unpaired) electrons. The highest BCUT2D eigenvalue weighted by Crippen LogP contribution is 2.12. The number of aryl methyl sites for hydroxylation is 1. The number of aromatic nitrogens is 4. The summed E-state index contributed by atoms with van der Waals surface area (Å²) >= 11 is 1.64. The number of aromatic amines is 1. The second kappa shape index (κ2) is 3.62. The van der Waals surface area contributed by atoms with Crippen LogP contribution in [-0.4, -0.2) is 20.2 Å². The number of nitrogen functional groups attached to an aromatic ring is 1. The maximum atomic E-state index is 5.37. The van der Waals surface area contributed by atoms with E-state index in [4.69, 9.17) is 5.73 Å². The van der Waals surface area contributed by atoms with Gasteiger partial charge in [-0.3, -0.25) is 0 Å². The molecule has 0 unspecified atom stereocenters. The summed E-state index contributed by atoms with van der Waals surface area (Å²) in [5.41, 5.74) is 5.37. The van der Waals surface area contributed by atoms with Crippen molar-refractivity contribution in [3.8, 4) is 0 Å². The number of rotatable bonds is 3. The number of hydrogen-bond donors (Lipinski definition) is 3. The number of H-pyrrole nitrogens is 1. The zero-order valence-electron chi connectivity index (χ0n) is 7.61. The van der Waals surface area contributed by atoms with E-state index in [1.54, 1.807) is 11.3 Å². The Morgan fingerprint density at radius 1 is 1.64 bits per heavy atom. The number of thiazole rings is 1. The highest BCUT2D eigenvalue weighted by molar-refractivity contribution is 7.11. The van der Waals surface area contributed by atoms with Crippen molar-refractivity contribution in [2.45, 2.75) is 13.5 Å². The summed E-state index contributed by atoms with van der Waals surface area (Å²) in [5, 5.41) is 10.5. The average Bonchev–Trinajstić information content (AvgIpc) is 2.72. The Balaban J connectivity index is 1.94. The number of nitrogens with two attached hydrogens (primary N) is 1. The largest absolute Gasteiger partial charge is 0.368 e. The van der Waals surface area contributed by atoms with E-state index >= 15 is 0 Å². The smallest absolute Gasteiger partial charge is 0.243 e. The lowest BCUT2D eigenvalue weighted by molar-refractivity contribution is 1.05. The monoisotopic (exact) mass is 210 g/mol. The molecule has 2 rings (SSSR count). The van der Waals surface area contributed by atoms with Gasteiger partial charge in [-0.15, -0.1) is 16.4 Å². The first-order valence-corrected chi connectivity index (χ1v) is 4.89. The summed E-state index contributed by atoms with van der Waals surface area (Å²) in [7, 11) is 0. The standard InChI is InChI=1S/C7H10N6S/c1-4-9-2-5(14-4)3-10-7-11-6(8)12-13-7/h2H,3H2,1H3,(H4,8,10,11,12,13). The van der Waals surface area contributed by atoms with E-state index < -0.39 is 0 Å². The predicted octanol–water partition coefficient (Wildman–Crippen LogP) is 0.764. The summed E-state index contributed by atoms with van der Waals surface area (Å²) in [6.45, 7) is 2.64. The average molecular weight is 210 g/mol.